The third-order valence-corrected chi connectivity index (χ3v) is 4.85. The summed E-state index contributed by atoms with van der Waals surface area (Å²) < 4.78 is 38.8. The van der Waals surface area contributed by atoms with Gasteiger partial charge in [0, 0.05) is 6.92 Å². The molecule has 0 N–H and O–H groups in total. The molecular formula is C15H23O7P. The first-order chi connectivity index (χ1) is 10.9. The van der Waals surface area contributed by atoms with Crippen molar-refractivity contribution >= 4 is 13.6 Å². The number of hydrogen-bond acceptors (Lipinski definition) is 7. The van der Waals surface area contributed by atoms with Crippen molar-refractivity contribution in [1.29, 1.82) is 0 Å². The fourth-order valence-electron chi connectivity index (χ4n) is 2.02. The Morgan fingerprint density at radius 3 is 1.87 bits per heavy atom. The second-order valence-corrected chi connectivity index (χ2v) is 6.58. The highest BCUT2D eigenvalue weighted by atomic mass is 31.2. The average Bonchev–Trinajstić information content (AvgIpc) is 2.48. The molecule has 0 amide bonds. The predicted molar refractivity (Wildman–Crippen MR) is 85.4 cm³/mol. The number of ether oxygens (including phenoxy) is 3. The van der Waals surface area contributed by atoms with Crippen LogP contribution in [-0.2, 0) is 24.6 Å². The molecule has 130 valence electrons. The fraction of sp³-hybridized carbons (Fsp3) is 0.533. The molecule has 0 aromatic heterocycles. The first-order valence-electron chi connectivity index (χ1n) is 7.20. The van der Waals surface area contributed by atoms with Crippen LogP contribution in [-0.4, -0.2) is 33.4 Å². The largest absolute Gasteiger partial charge is 0.493 e. The van der Waals surface area contributed by atoms with Gasteiger partial charge >= 0.3 is 13.6 Å². The summed E-state index contributed by atoms with van der Waals surface area (Å²) in [6.45, 7) is 5.33. The summed E-state index contributed by atoms with van der Waals surface area (Å²) in [5.41, 5.74) is 0.625. The van der Waals surface area contributed by atoms with E-state index in [4.69, 9.17) is 23.3 Å². The van der Waals surface area contributed by atoms with E-state index in [1.54, 1.807) is 26.0 Å². The Hall–Kier alpha value is -1.56. The van der Waals surface area contributed by atoms with E-state index in [0.29, 0.717) is 17.1 Å². The Morgan fingerprint density at radius 2 is 1.52 bits per heavy atom. The highest BCUT2D eigenvalue weighted by Gasteiger charge is 2.26. The highest BCUT2D eigenvalue weighted by molar-refractivity contribution is 7.53. The number of benzene rings is 1. The van der Waals surface area contributed by atoms with E-state index in [1.165, 1.54) is 21.1 Å². The Balaban J connectivity index is 3.22. The van der Waals surface area contributed by atoms with Gasteiger partial charge in [-0.2, -0.15) is 0 Å². The maximum absolute atomic E-state index is 12.6. The lowest BCUT2D eigenvalue weighted by Crippen LogP contribution is -2.06. The summed E-state index contributed by atoms with van der Waals surface area (Å²) in [7, 11) is -0.382. The molecule has 0 saturated carbocycles. The minimum absolute atomic E-state index is 0.0573. The van der Waals surface area contributed by atoms with Crippen LogP contribution in [0.25, 0.3) is 0 Å². The van der Waals surface area contributed by atoms with Crippen molar-refractivity contribution in [2.75, 3.05) is 27.4 Å². The summed E-state index contributed by atoms with van der Waals surface area (Å²) in [6, 6.07) is 3.23. The van der Waals surface area contributed by atoms with Gasteiger partial charge in [0.1, 0.15) is 0 Å². The molecule has 0 saturated heterocycles. The van der Waals surface area contributed by atoms with Crippen molar-refractivity contribution in [2.45, 2.75) is 26.9 Å². The molecule has 0 bridgehead atoms. The minimum atomic E-state index is -3.26. The molecule has 0 aliphatic rings. The standard InChI is InChI=1S/C15H23O7P/c1-6-20-23(17,21-7-2)10-12-8-13(18-4)15(22-11(3)16)14(9-12)19-5/h8-9H,6-7,10H2,1-5H3. The second kappa shape index (κ2) is 8.91. The van der Waals surface area contributed by atoms with Gasteiger partial charge in [0.2, 0.25) is 5.75 Å². The van der Waals surface area contributed by atoms with Crippen molar-refractivity contribution in [3.05, 3.63) is 17.7 Å². The monoisotopic (exact) mass is 346 g/mol. The molecule has 8 heteroatoms. The van der Waals surface area contributed by atoms with Crippen molar-refractivity contribution in [1.82, 2.24) is 0 Å². The van der Waals surface area contributed by atoms with Gasteiger partial charge in [0.05, 0.1) is 33.6 Å². The van der Waals surface area contributed by atoms with E-state index in [9.17, 15) is 9.36 Å². The lowest BCUT2D eigenvalue weighted by atomic mass is 10.2. The van der Waals surface area contributed by atoms with Crippen LogP contribution in [0.15, 0.2) is 12.1 Å². The molecule has 23 heavy (non-hydrogen) atoms. The zero-order valence-electron chi connectivity index (χ0n) is 14.1. The lowest BCUT2D eigenvalue weighted by Gasteiger charge is -2.19. The van der Waals surface area contributed by atoms with Gasteiger partial charge < -0.3 is 23.3 Å². The molecule has 0 unspecified atom stereocenters. The first kappa shape index (κ1) is 19.5. The molecule has 0 spiro atoms. The van der Waals surface area contributed by atoms with Gasteiger partial charge in [-0.05, 0) is 31.5 Å². The molecule has 0 radical (unpaired) electrons. The quantitative estimate of drug-likeness (QED) is 0.385. The maximum Gasteiger partial charge on any atom is 0.335 e. The summed E-state index contributed by atoms with van der Waals surface area (Å²) in [4.78, 5) is 11.2. The fourth-order valence-corrected chi connectivity index (χ4v) is 3.69. The minimum Gasteiger partial charge on any atom is -0.493 e. The third kappa shape index (κ3) is 5.53. The second-order valence-electron chi connectivity index (χ2n) is 4.53. The third-order valence-electron chi connectivity index (χ3n) is 2.79. The number of methoxy groups -OCH3 is 2. The number of hydrogen-bond donors (Lipinski definition) is 0. The molecule has 0 atom stereocenters. The average molecular weight is 346 g/mol. The van der Waals surface area contributed by atoms with Crippen LogP contribution in [0, 0.1) is 0 Å². The molecule has 7 nitrogen and oxygen atoms in total. The van der Waals surface area contributed by atoms with E-state index < -0.39 is 13.6 Å². The molecule has 1 aromatic carbocycles. The van der Waals surface area contributed by atoms with Crippen LogP contribution >= 0.6 is 7.60 Å². The Morgan fingerprint density at radius 1 is 1.04 bits per heavy atom. The van der Waals surface area contributed by atoms with Crippen molar-refractivity contribution in [3.8, 4) is 17.2 Å². The van der Waals surface area contributed by atoms with Crippen molar-refractivity contribution in [3.63, 3.8) is 0 Å². The van der Waals surface area contributed by atoms with Crippen LogP contribution in [0.2, 0.25) is 0 Å². The van der Waals surface area contributed by atoms with Crippen LogP contribution in [0.3, 0.4) is 0 Å². The molecule has 0 fully saturated rings. The van der Waals surface area contributed by atoms with Gasteiger partial charge in [-0.25, -0.2) is 0 Å². The zero-order valence-corrected chi connectivity index (χ0v) is 15.0. The molecule has 0 aliphatic heterocycles. The van der Waals surface area contributed by atoms with Crippen LogP contribution < -0.4 is 14.2 Å². The molecule has 0 heterocycles. The number of esters is 1. The molecule has 1 aromatic rings. The maximum atomic E-state index is 12.6. The number of rotatable bonds is 9. The smallest absolute Gasteiger partial charge is 0.335 e. The highest BCUT2D eigenvalue weighted by Crippen LogP contribution is 2.52. The van der Waals surface area contributed by atoms with Gasteiger partial charge in [0.25, 0.3) is 0 Å². The van der Waals surface area contributed by atoms with Gasteiger partial charge in [-0.15, -0.1) is 0 Å². The van der Waals surface area contributed by atoms with Gasteiger partial charge in [0.15, 0.2) is 11.5 Å². The Labute approximate surface area is 136 Å². The zero-order chi connectivity index (χ0) is 17.5. The van der Waals surface area contributed by atoms with Crippen LogP contribution in [0.4, 0.5) is 0 Å². The molecule has 0 aliphatic carbocycles. The summed E-state index contributed by atoms with van der Waals surface area (Å²) >= 11 is 0. The van der Waals surface area contributed by atoms with Crippen molar-refractivity contribution in [2.24, 2.45) is 0 Å². The SMILES string of the molecule is CCOP(=O)(Cc1cc(OC)c(OC(C)=O)c(OC)c1)OCC. The van der Waals surface area contributed by atoms with E-state index in [2.05, 4.69) is 0 Å². The predicted octanol–water partition coefficient (Wildman–Crippen LogP) is 3.40. The van der Waals surface area contributed by atoms with E-state index in [-0.39, 0.29) is 25.1 Å². The van der Waals surface area contributed by atoms with E-state index in [0.717, 1.165) is 0 Å². The summed E-state index contributed by atoms with van der Waals surface area (Å²) in [5.74, 6) is 0.278. The van der Waals surface area contributed by atoms with Gasteiger partial charge in [-0.1, -0.05) is 0 Å². The number of carbonyl (C=O) groups excluding carboxylic acids is 1. The summed E-state index contributed by atoms with van der Waals surface area (Å²) in [6.07, 6.45) is 0.0573. The van der Waals surface area contributed by atoms with Crippen molar-refractivity contribution < 1.29 is 32.6 Å². The molecule has 1 rings (SSSR count). The van der Waals surface area contributed by atoms with Crippen LogP contribution in [0.1, 0.15) is 26.3 Å². The normalized spacial score (nSPS) is 11.2. The number of carbonyl (C=O) groups is 1. The first-order valence-corrected chi connectivity index (χ1v) is 8.93. The Bertz CT molecular complexity index is 550. The summed E-state index contributed by atoms with van der Waals surface area (Å²) in [5, 5.41) is 0. The van der Waals surface area contributed by atoms with E-state index in [1.807, 2.05) is 0 Å². The molecular weight excluding hydrogens is 323 g/mol. The van der Waals surface area contributed by atoms with E-state index >= 15 is 0 Å². The van der Waals surface area contributed by atoms with Gasteiger partial charge in [-0.3, -0.25) is 9.36 Å². The topological polar surface area (TPSA) is 80.3 Å². The Kier molecular flexibility index (Phi) is 7.55. The lowest BCUT2D eigenvalue weighted by molar-refractivity contribution is -0.132. The van der Waals surface area contributed by atoms with Crippen LogP contribution in [0.5, 0.6) is 17.2 Å².